The molecule has 0 spiro atoms. The summed E-state index contributed by atoms with van der Waals surface area (Å²) < 4.78 is 36.1. The summed E-state index contributed by atoms with van der Waals surface area (Å²) in [6.07, 6.45) is 0. The fourth-order valence-electron chi connectivity index (χ4n) is 3.22. The maximum atomic E-state index is 12.3. The molecule has 2 aromatic carbocycles. The minimum atomic E-state index is -4.81. The summed E-state index contributed by atoms with van der Waals surface area (Å²) in [5, 5.41) is 9.17. The molecule has 1 unspecified atom stereocenters. The van der Waals surface area contributed by atoms with Crippen LogP contribution in [0.4, 0.5) is 0 Å². The van der Waals surface area contributed by atoms with E-state index in [9.17, 15) is 23.1 Å². The molecule has 4 N–H and O–H groups in total. The lowest BCUT2D eigenvalue weighted by molar-refractivity contribution is -0.160. The van der Waals surface area contributed by atoms with Crippen molar-refractivity contribution in [2.24, 2.45) is 5.73 Å². The Labute approximate surface area is 155 Å². The number of carboxylic acid groups (broad SMARTS) is 1. The molecule has 0 bridgehead atoms. The standard InChI is InChI=1S/C18H17NO7S/c19-18(16(20)21,10-27(23,24)25)17(22)26-9-15-13-7-3-1-5-11(13)12-6-2-4-8-14(12)15/h1-8,15H,9-10,19H2,(H,20,21)(H,23,24,25). The fraction of sp³-hybridized carbons (Fsp3) is 0.222. The summed E-state index contributed by atoms with van der Waals surface area (Å²) in [4.78, 5) is 23.6. The van der Waals surface area contributed by atoms with E-state index < -0.39 is 33.3 Å². The summed E-state index contributed by atoms with van der Waals surface area (Å²) in [5.74, 6) is -5.16. The van der Waals surface area contributed by atoms with Crippen LogP contribution in [0.1, 0.15) is 17.0 Å². The Balaban J connectivity index is 1.86. The number of carboxylic acids is 1. The molecule has 0 aromatic heterocycles. The Kier molecular flexibility index (Phi) is 4.77. The quantitative estimate of drug-likeness (QED) is 0.376. The van der Waals surface area contributed by atoms with Gasteiger partial charge in [0, 0.05) is 5.92 Å². The highest BCUT2D eigenvalue weighted by molar-refractivity contribution is 7.85. The molecule has 9 heteroatoms. The number of ether oxygens (including phenoxy) is 1. The topological polar surface area (TPSA) is 144 Å². The van der Waals surface area contributed by atoms with Crippen LogP contribution in [0, 0.1) is 0 Å². The number of fused-ring (bicyclic) bond motifs is 3. The van der Waals surface area contributed by atoms with Crippen molar-refractivity contribution in [3.63, 3.8) is 0 Å². The molecule has 142 valence electrons. The molecule has 8 nitrogen and oxygen atoms in total. The molecule has 2 aromatic rings. The van der Waals surface area contributed by atoms with Gasteiger partial charge in [-0.3, -0.25) is 4.55 Å². The summed E-state index contributed by atoms with van der Waals surface area (Å²) >= 11 is 0. The van der Waals surface area contributed by atoms with E-state index in [0.717, 1.165) is 22.3 Å². The highest BCUT2D eigenvalue weighted by atomic mass is 32.2. The zero-order valence-electron chi connectivity index (χ0n) is 14.0. The molecule has 0 fully saturated rings. The molecular formula is C18H17NO7S. The second kappa shape index (κ2) is 6.76. The minimum Gasteiger partial charge on any atom is -0.479 e. The van der Waals surface area contributed by atoms with Crippen molar-refractivity contribution in [1.29, 1.82) is 0 Å². The van der Waals surface area contributed by atoms with Crippen molar-refractivity contribution < 1.29 is 32.4 Å². The van der Waals surface area contributed by atoms with Gasteiger partial charge in [-0.15, -0.1) is 0 Å². The molecule has 0 amide bonds. The third-order valence-corrected chi connectivity index (χ3v) is 5.32. The van der Waals surface area contributed by atoms with Gasteiger partial charge in [-0.05, 0) is 22.3 Å². The van der Waals surface area contributed by atoms with Gasteiger partial charge in [0.15, 0.2) is 0 Å². The molecule has 3 rings (SSSR count). The zero-order valence-corrected chi connectivity index (χ0v) is 14.8. The maximum absolute atomic E-state index is 12.3. The number of esters is 1. The number of hydrogen-bond acceptors (Lipinski definition) is 6. The molecule has 0 aliphatic heterocycles. The lowest BCUT2D eigenvalue weighted by Gasteiger charge is -2.22. The highest BCUT2D eigenvalue weighted by Gasteiger charge is 2.48. The summed E-state index contributed by atoms with van der Waals surface area (Å²) in [6, 6.07) is 15.0. The normalized spacial score (nSPS) is 15.5. The van der Waals surface area contributed by atoms with E-state index in [1.54, 1.807) is 0 Å². The first-order valence-corrected chi connectivity index (χ1v) is 9.57. The summed E-state index contributed by atoms with van der Waals surface area (Å²) in [6.45, 7) is -0.218. The Bertz CT molecular complexity index is 972. The van der Waals surface area contributed by atoms with E-state index in [4.69, 9.17) is 15.0 Å². The Morgan fingerprint density at radius 3 is 1.96 bits per heavy atom. The number of rotatable bonds is 6. The number of hydrogen-bond donors (Lipinski definition) is 3. The smallest absolute Gasteiger partial charge is 0.339 e. The van der Waals surface area contributed by atoms with Crippen LogP contribution in [0.3, 0.4) is 0 Å². The van der Waals surface area contributed by atoms with Gasteiger partial charge in [0.05, 0.1) is 0 Å². The molecule has 0 saturated carbocycles. The van der Waals surface area contributed by atoms with Crippen LogP contribution in [-0.2, 0) is 24.4 Å². The monoisotopic (exact) mass is 391 g/mol. The SMILES string of the molecule is NC(CS(=O)(=O)O)(C(=O)O)C(=O)OCC1c2ccccc2-c2ccccc21. The Morgan fingerprint density at radius 2 is 1.52 bits per heavy atom. The van der Waals surface area contributed by atoms with Gasteiger partial charge in [0.1, 0.15) is 12.4 Å². The molecule has 27 heavy (non-hydrogen) atoms. The largest absolute Gasteiger partial charge is 0.479 e. The average Bonchev–Trinajstić information content (AvgIpc) is 2.92. The van der Waals surface area contributed by atoms with Crippen molar-refractivity contribution in [1.82, 2.24) is 0 Å². The number of nitrogens with two attached hydrogens (primary N) is 1. The molecular weight excluding hydrogens is 374 g/mol. The zero-order chi connectivity index (χ0) is 19.8. The highest BCUT2D eigenvalue weighted by Crippen LogP contribution is 2.44. The molecule has 1 aliphatic carbocycles. The first-order valence-electron chi connectivity index (χ1n) is 7.96. The van der Waals surface area contributed by atoms with Crippen molar-refractivity contribution in [2.45, 2.75) is 11.5 Å². The number of carbonyl (C=O) groups excluding carboxylic acids is 1. The Hall–Kier alpha value is -2.75. The van der Waals surface area contributed by atoms with Crippen LogP contribution in [-0.4, -0.2) is 47.9 Å². The number of carbonyl (C=O) groups is 2. The van der Waals surface area contributed by atoms with E-state index in [0.29, 0.717) is 0 Å². The van der Waals surface area contributed by atoms with E-state index in [-0.39, 0.29) is 12.5 Å². The lowest BCUT2D eigenvalue weighted by atomic mass is 9.98. The van der Waals surface area contributed by atoms with Crippen LogP contribution in [0.15, 0.2) is 48.5 Å². The number of aliphatic carboxylic acids is 1. The fourth-order valence-corrected chi connectivity index (χ4v) is 4.04. The van der Waals surface area contributed by atoms with Gasteiger partial charge in [-0.1, -0.05) is 48.5 Å². The average molecular weight is 391 g/mol. The first-order chi connectivity index (χ1) is 12.6. The van der Waals surface area contributed by atoms with E-state index in [1.165, 1.54) is 0 Å². The third kappa shape index (κ3) is 3.57. The number of benzene rings is 2. The van der Waals surface area contributed by atoms with Gasteiger partial charge in [-0.25, -0.2) is 9.59 Å². The van der Waals surface area contributed by atoms with Gasteiger partial charge in [0.2, 0.25) is 5.54 Å². The first kappa shape index (κ1) is 19.0. The molecule has 1 aliphatic rings. The van der Waals surface area contributed by atoms with Crippen molar-refractivity contribution in [2.75, 3.05) is 12.4 Å². The lowest BCUT2D eigenvalue weighted by Crippen LogP contribution is -2.60. The van der Waals surface area contributed by atoms with Gasteiger partial charge in [-0.2, -0.15) is 8.42 Å². The maximum Gasteiger partial charge on any atom is 0.339 e. The van der Waals surface area contributed by atoms with Crippen LogP contribution in [0.25, 0.3) is 11.1 Å². The third-order valence-electron chi connectivity index (χ3n) is 4.50. The van der Waals surface area contributed by atoms with Crippen molar-refractivity contribution >= 4 is 22.1 Å². The van der Waals surface area contributed by atoms with Crippen LogP contribution >= 0.6 is 0 Å². The van der Waals surface area contributed by atoms with Gasteiger partial charge >= 0.3 is 11.9 Å². The van der Waals surface area contributed by atoms with E-state index in [1.807, 2.05) is 48.5 Å². The molecule has 1 atom stereocenters. The van der Waals surface area contributed by atoms with E-state index >= 15 is 0 Å². The summed E-state index contributed by atoms with van der Waals surface area (Å²) in [7, 11) is -4.81. The minimum absolute atomic E-state index is 0.218. The predicted molar refractivity (Wildman–Crippen MR) is 95.6 cm³/mol. The van der Waals surface area contributed by atoms with Gasteiger partial charge < -0.3 is 15.6 Å². The van der Waals surface area contributed by atoms with Gasteiger partial charge in [0.25, 0.3) is 10.1 Å². The van der Waals surface area contributed by atoms with E-state index in [2.05, 4.69) is 0 Å². The van der Waals surface area contributed by atoms with Crippen molar-refractivity contribution in [3.05, 3.63) is 59.7 Å². The molecule has 0 radical (unpaired) electrons. The van der Waals surface area contributed by atoms with Crippen LogP contribution in [0.2, 0.25) is 0 Å². The molecule has 0 saturated heterocycles. The predicted octanol–water partition coefficient (Wildman–Crippen LogP) is 1.01. The van der Waals surface area contributed by atoms with Crippen molar-refractivity contribution in [3.8, 4) is 11.1 Å². The van der Waals surface area contributed by atoms with Crippen LogP contribution < -0.4 is 5.73 Å². The molecule has 0 heterocycles. The second-order valence-electron chi connectivity index (χ2n) is 6.33. The second-order valence-corrected chi connectivity index (χ2v) is 7.78. The van der Waals surface area contributed by atoms with Crippen LogP contribution in [0.5, 0.6) is 0 Å². The Morgan fingerprint density at radius 1 is 1.04 bits per heavy atom. The summed E-state index contributed by atoms with van der Waals surface area (Å²) in [5.41, 5.74) is 6.29.